The summed E-state index contributed by atoms with van der Waals surface area (Å²) in [6.07, 6.45) is 1.72. The molecule has 0 N–H and O–H groups in total. The van der Waals surface area contributed by atoms with Crippen molar-refractivity contribution in [1.82, 2.24) is 9.78 Å². The van der Waals surface area contributed by atoms with Crippen molar-refractivity contribution in [2.75, 3.05) is 13.7 Å². The van der Waals surface area contributed by atoms with Gasteiger partial charge in [-0.25, -0.2) is 0 Å². The molecule has 0 radical (unpaired) electrons. The fourth-order valence-electron chi connectivity index (χ4n) is 2.18. The molecule has 4 nitrogen and oxygen atoms in total. The van der Waals surface area contributed by atoms with Gasteiger partial charge < -0.3 is 9.47 Å². The molecule has 0 saturated heterocycles. The predicted octanol–water partition coefficient (Wildman–Crippen LogP) is 4.02. The summed E-state index contributed by atoms with van der Waals surface area (Å²) in [7, 11) is 1.68. The third-order valence-electron chi connectivity index (χ3n) is 3.06. The van der Waals surface area contributed by atoms with Crippen LogP contribution in [0.3, 0.4) is 0 Å². The summed E-state index contributed by atoms with van der Waals surface area (Å²) < 4.78 is 13.0. The minimum Gasteiger partial charge on any atom is -0.454 e. The molecule has 1 aromatic carbocycles. The molecule has 2 aromatic rings. The second-order valence-electron chi connectivity index (χ2n) is 5.31. The number of methoxy groups -OCH3 is 1. The van der Waals surface area contributed by atoms with Crippen LogP contribution in [0.4, 0.5) is 0 Å². The lowest BCUT2D eigenvalue weighted by Crippen LogP contribution is -2.33. The quantitative estimate of drug-likeness (QED) is 0.835. The Labute approximate surface area is 124 Å². The SMILES string of the molecule is COCC(C)(C)n1ncc(Oc2cccc(Cl)c2)c1C. The first-order valence-electron chi connectivity index (χ1n) is 6.41. The molecule has 2 rings (SSSR count). The molecule has 0 aliphatic carbocycles. The Bertz CT molecular complexity index is 593. The summed E-state index contributed by atoms with van der Waals surface area (Å²) in [5.74, 6) is 1.42. The Morgan fingerprint density at radius 3 is 2.75 bits per heavy atom. The van der Waals surface area contributed by atoms with Gasteiger partial charge in [0.05, 0.1) is 24.0 Å². The van der Waals surface area contributed by atoms with Gasteiger partial charge in [0, 0.05) is 12.1 Å². The number of ether oxygens (including phenoxy) is 2. The van der Waals surface area contributed by atoms with Crippen molar-refractivity contribution in [2.24, 2.45) is 0 Å². The van der Waals surface area contributed by atoms with E-state index in [1.54, 1.807) is 19.4 Å². The van der Waals surface area contributed by atoms with Gasteiger partial charge >= 0.3 is 0 Å². The largest absolute Gasteiger partial charge is 0.454 e. The van der Waals surface area contributed by atoms with Gasteiger partial charge in [-0.05, 0) is 39.0 Å². The number of hydrogen-bond donors (Lipinski definition) is 0. The Morgan fingerprint density at radius 1 is 1.35 bits per heavy atom. The fraction of sp³-hybridized carbons (Fsp3) is 0.400. The van der Waals surface area contributed by atoms with Crippen LogP contribution in [0.2, 0.25) is 5.02 Å². The Balaban J connectivity index is 2.25. The number of aromatic nitrogens is 2. The molecule has 5 heteroatoms. The minimum absolute atomic E-state index is 0.227. The molecule has 1 aromatic heterocycles. The van der Waals surface area contributed by atoms with E-state index in [9.17, 15) is 0 Å². The van der Waals surface area contributed by atoms with Crippen LogP contribution in [0.5, 0.6) is 11.5 Å². The molecular weight excluding hydrogens is 276 g/mol. The summed E-state index contributed by atoms with van der Waals surface area (Å²) in [5, 5.41) is 5.05. The van der Waals surface area contributed by atoms with Crippen LogP contribution < -0.4 is 4.74 Å². The molecule has 0 atom stereocenters. The standard InChI is InChI=1S/C15H19ClN2O2/c1-11-14(20-13-7-5-6-12(16)8-13)9-17-18(11)15(2,3)10-19-4/h5-9H,10H2,1-4H3. The maximum atomic E-state index is 5.95. The first-order valence-corrected chi connectivity index (χ1v) is 6.79. The van der Waals surface area contributed by atoms with Crippen molar-refractivity contribution in [3.8, 4) is 11.5 Å². The van der Waals surface area contributed by atoms with Gasteiger partial charge in [-0.3, -0.25) is 4.68 Å². The third kappa shape index (κ3) is 3.14. The number of benzene rings is 1. The second-order valence-corrected chi connectivity index (χ2v) is 5.75. The van der Waals surface area contributed by atoms with Gasteiger partial charge in [0.15, 0.2) is 5.75 Å². The van der Waals surface area contributed by atoms with Crippen LogP contribution in [0.25, 0.3) is 0 Å². The lowest BCUT2D eigenvalue weighted by atomic mass is 10.1. The van der Waals surface area contributed by atoms with Crippen LogP contribution in [0.1, 0.15) is 19.5 Å². The van der Waals surface area contributed by atoms with E-state index < -0.39 is 0 Å². The summed E-state index contributed by atoms with van der Waals surface area (Å²) >= 11 is 5.95. The molecule has 0 spiro atoms. The van der Waals surface area contributed by atoms with Crippen LogP contribution in [-0.4, -0.2) is 23.5 Å². The molecular formula is C15H19ClN2O2. The predicted molar refractivity (Wildman–Crippen MR) is 79.7 cm³/mol. The van der Waals surface area contributed by atoms with Crippen LogP contribution in [0, 0.1) is 6.92 Å². The summed E-state index contributed by atoms with van der Waals surface area (Å²) in [6, 6.07) is 7.31. The molecule has 0 bridgehead atoms. The first kappa shape index (κ1) is 14.9. The zero-order valence-corrected chi connectivity index (χ0v) is 12.9. The van der Waals surface area contributed by atoms with E-state index in [-0.39, 0.29) is 5.54 Å². The number of nitrogens with zero attached hydrogens (tertiary/aromatic N) is 2. The average Bonchev–Trinajstić information content (AvgIpc) is 2.72. The van der Waals surface area contributed by atoms with Crippen LogP contribution in [-0.2, 0) is 10.3 Å². The van der Waals surface area contributed by atoms with Crippen molar-refractivity contribution in [2.45, 2.75) is 26.3 Å². The van der Waals surface area contributed by atoms with E-state index in [1.165, 1.54) is 0 Å². The first-order chi connectivity index (χ1) is 9.44. The highest BCUT2D eigenvalue weighted by Gasteiger charge is 2.24. The van der Waals surface area contributed by atoms with Crippen LogP contribution >= 0.6 is 11.6 Å². The second kappa shape index (κ2) is 5.85. The molecule has 0 aliphatic heterocycles. The zero-order valence-electron chi connectivity index (χ0n) is 12.2. The smallest absolute Gasteiger partial charge is 0.168 e. The van der Waals surface area contributed by atoms with Gasteiger partial charge in [-0.1, -0.05) is 17.7 Å². The zero-order chi connectivity index (χ0) is 14.8. The van der Waals surface area contributed by atoms with Gasteiger partial charge in [0.25, 0.3) is 0 Å². The van der Waals surface area contributed by atoms with Crippen molar-refractivity contribution < 1.29 is 9.47 Å². The Kier molecular flexibility index (Phi) is 4.35. The molecule has 0 fully saturated rings. The number of rotatable bonds is 5. The molecule has 108 valence electrons. The van der Waals surface area contributed by atoms with Crippen molar-refractivity contribution >= 4 is 11.6 Å². The highest BCUT2D eigenvalue weighted by atomic mass is 35.5. The average molecular weight is 295 g/mol. The topological polar surface area (TPSA) is 36.3 Å². The minimum atomic E-state index is -0.227. The lowest BCUT2D eigenvalue weighted by molar-refractivity contribution is 0.0997. The monoisotopic (exact) mass is 294 g/mol. The summed E-state index contributed by atoms with van der Waals surface area (Å²) in [6.45, 7) is 6.69. The number of hydrogen-bond acceptors (Lipinski definition) is 3. The molecule has 20 heavy (non-hydrogen) atoms. The van der Waals surface area contributed by atoms with Gasteiger partial charge in [0.2, 0.25) is 0 Å². The Morgan fingerprint density at radius 2 is 2.10 bits per heavy atom. The van der Waals surface area contributed by atoms with Gasteiger partial charge in [-0.2, -0.15) is 5.10 Å². The van der Waals surface area contributed by atoms with Crippen LogP contribution in [0.15, 0.2) is 30.5 Å². The molecule has 0 aliphatic rings. The molecule has 0 amide bonds. The Hall–Kier alpha value is -1.52. The van der Waals surface area contributed by atoms with E-state index in [4.69, 9.17) is 21.1 Å². The fourth-order valence-corrected chi connectivity index (χ4v) is 2.36. The van der Waals surface area contributed by atoms with E-state index in [0.717, 1.165) is 11.4 Å². The van der Waals surface area contributed by atoms with E-state index >= 15 is 0 Å². The maximum absolute atomic E-state index is 5.95. The van der Waals surface area contributed by atoms with Crippen molar-refractivity contribution in [3.63, 3.8) is 0 Å². The van der Waals surface area contributed by atoms with Gasteiger partial charge in [0.1, 0.15) is 5.75 Å². The molecule has 0 saturated carbocycles. The highest BCUT2D eigenvalue weighted by molar-refractivity contribution is 6.30. The maximum Gasteiger partial charge on any atom is 0.168 e. The molecule has 0 unspecified atom stereocenters. The van der Waals surface area contributed by atoms with Crippen molar-refractivity contribution in [3.05, 3.63) is 41.2 Å². The molecule has 1 heterocycles. The van der Waals surface area contributed by atoms with Gasteiger partial charge in [-0.15, -0.1) is 0 Å². The third-order valence-corrected chi connectivity index (χ3v) is 3.29. The summed E-state index contributed by atoms with van der Waals surface area (Å²) in [4.78, 5) is 0. The van der Waals surface area contributed by atoms with E-state index in [1.807, 2.05) is 29.8 Å². The van der Waals surface area contributed by atoms with Crippen molar-refractivity contribution in [1.29, 1.82) is 0 Å². The van der Waals surface area contributed by atoms with E-state index in [2.05, 4.69) is 18.9 Å². The van der Waals surface area contributed by atoms with E-state index in [0.29, 0.717) is 17.4 Å². The normalized spacial score (nSPS) is 11.7. The highest BCUT2D eigenvalue weighted by Crippen LogP contribution is 2.29. The summed E-state index contributed by atoms with van der Waals surface area (Å²) in [5.41, 5.74) is 0.724. The lowest BCUT2D eigenvalue weighted by Gasteiger charge is -2.25. The number of halogens is 1.